The first-order valence-corrected chi connectivity index (χ1v) is 9.29. The van der Waals surface area contributed by atoms with Crippen molar-refractivity contribution in [1.29, 1.82) is 0 Å². The molecule has 0 atom stereocenters. The summed E-state index contributed by atoms with van der Waals surface area (Å²) >= 11 is 1.13. The number of anilines is 3. The molecule has 3 rings (SSSR count). The Kier molecular flexibility index (Phi) is 4.64. The second-order valence-electron chi connectivity index (χ2n) is 5.00. The summed E-state index contributed by atoms with van der Waals surface area (Å²) in [6.07, 6.45) is 0. The van der Waals surface area contributed by atoms with Gasteiger partial charge in [0.25, 0.3) is 10.0 Å². The Balaban J connectivity index is 1.77. The molecular weight excluding hydrogens is 370 g/mol. The molecule has 0 amide bonds. The number of hydrogen-bond acceptors (Lipinski definition) is 6. The lowest BCUT2D eigenvalue weighted by atomic mass is 10.3. The highest BCUT2D eigenvalue weighted by molar-refractivity contribution is 7.94. The zero-order valence-electron chi connectivity index (χ0n) is 12.8. The average Bonchev–Trinajstić information content (AvgIpc) is 3.00. The van der Waals surface area contributed by atoms with E-state index in [1.165, 1.54) is 24.3 Å². The molecule has 0 radical (unpaired) electrons. The molecule has 0 aliphatic carbocycles. The first-order valence-electron chi connectivity index (χ1n) is 6.99. The summed E-state index contributed by atoms with van der Waals surface area (Å²) in [6, 6.07) is 9.33. The molecule has 6 nitrogen and oxygen atoms in total. The number of rotatable bonds is 5. The van der Waals surface area contributed by atoms with Gasteiger partial charge in [0.05, 0.1) is 0 Å². The molecule has 0 unspecified atom stereocenters. The van der Waals surface area contributed by atoms with Crippen molar-refractivity contribution in [2.45, 2.75) is 11.1 Å². The molecule has 2 heterocycles. The molecule has 0 aliphatic rings. The predicted molar refractivity (Wildman–Crippen MR) is 91.5 cm³/mol. The fourth-order valence-electron chi connectivity index (χ4n) is 1.94. The Labute approximate surface area is 146 Å². The van der Waals surface area contributed by atoms with E-state index < -0.39 is 21.7 Å². The summed E-state index contributed by atoms with van der Waals surface area (Å²) in [5.74, 6) is -1.50. The molecule has 0 bridgehead atoms. The van der Waals surface area contributed by atoms with Gasteiger partial charge in [0.2, 0.25) is 0 Å². The molecule has 25 heavy (non-hydrogen) atoms. The van der Waals surface area contributed by atoms with E-state index in [4.69, 9.17) is 0 Å². The SMILES string of the molecule is Cc1ccc(S(=O)(=O)Nc2ccc(Nc3c(F)cccc3F)nn2)s1. The molecular formula is C15H12F2N4O2S2. The maximum atomic E-state index is 13.6. The zero-order valence-corrected chi connectivity index (χ0v) is 14.5. The fraction of sp³-hybridized carbons (Fsp3) is 0.0667. The van der Waals surface area contributed by atoms with Crippen LogP contribution in [0.2, 0.25) is 0 Å². The lowest BCUT2D eigenvalue weighted by Gasteiger charge is -2.08. The maximum absolute atomic E-state index is 13.6. The van der Waals surface area contributed by atoms with Gasteiger partial charge in [0, 0.05) is 4.88 Å². The Morgan fingerprint density at radius 1 is 0.960 bits per heavy atom. The smallest absolute Gasteiger partial charge is 0.272 e. The molecule has 0 aliphatic heterocycles. The summed E-state index contributed by atoms with van der Waals surface area (Å²) in [6.45, 7) is 1.80. The van der Waals surface area contributed by atoms with E-state index in [0.29, 0.717) is 0 Å². The van der Waals surface area contributed by atoms with E-state index in [1.807, 2.05) is 0 Å². The van der Waals surface area contributed by atoms with Crippen LogP contribution in [0.25, 0.3) is 0 Å². The Hall–Kier alpha value is -2.59. The van der Waals surface area contributed by atoms with Crippen molar-refractivity contribution in [3.8, 4) is 0 Å². The van der Waals surface area contributed by atoms with Crippen molar-refractivity contribution in [2.75, 3.05) is 10.0 Å². The zero-order chi connectivity index (χ0) is 18.0. The third-order valence-electron chi connectivity index (χ3n) is 3.10. The Morgan fingerprint density at radius 2 is 1.60 bits per heavy atom. The quantitative estimate of drug-likeness (QED) is 0.703. The van der Waals surface area contributed by atoms with Crippen LogP contribution in [-0.2, 0) is 10.0 Å². The number of thiophene rings is 1. The highest BCUT2D eigenvalue weighted by Crippen LogP contribution is 2.24. The van der Waals surface area contributed by atoms with Crippen molar-refractivity contribution in [3.05, 3.63) is 59.0 Å². The summed E-state index contributed by atoms with van der Waals surface area (Å²) in [4.78, 5) is 0.859. The van der Waals surface area contributed by atoms with Crippen LogP contribution in [0.3, 0.4) is 0 Å². The van der Waals surface area contributed by atoms with Gasteiger partial charge in [-0.05, 0) is 43.3 Å². The van der Waals surface area contributed by atoms with Crippen LogP contribution in [-0.4, -0.2) is 18.6 Å². The summed E-state index contributed by atoms with van der Waals surface area (Å²) in [5, 5.41) is 9.90. The second-order valence-corrected chi connectivity index (χ2v) is 8.19. The number of benzene rings is 1. The Bertz CT molecular complexity index is 984. The minimum Gasteiger partial charge on any atom is -0.334 e. The highest BCUT2D eigenvalue weighted by atomic mass is 32.2. The highest BCUT2D eigenvalue weighted by Gasteiger charge is 2.17. The van der Waals surface area contributed by atoms with Gasteiger partial charge < -0.3 is 5.32 Å². The average molecular weight is 382 g/mol. The molecule has 0 spiro atoms. The van der Waals surface area contributed by atoms with Crippen LogP contribution >= 0.6 is 11.3 Å². The molecule has 1 aromatic carbocycles. The van der Waals surface area contributed by atoms with Crippen LogP contribution in [0.15, 0.2) is 46.7 Å². The predicted octanol–water partition coefficient (Wildman–Crippen LogP) is 3.67. The van der Waals surface area contributed by atoms with Crippen LogP contribution in [0.5, 0.6) is 0 Å². The lowest BCUT2D eigenvalue weighted by molar-refractivity contribution is 0.590. The molecule has 2 N–H and O–H groups in total. The number of nitrogens with zero attached hydrogens (tertiary/aromatic N) is 2. The van der Waals surface area contributed by atoms with Crippen molar-refractivity contribution in [2.24, 2.45) is 0 Å². The van der Waals surface area contributed by atoms with Gasteiger partial charge in [-0.1, -0.05) is 6.07 Å². The first-order chi connectivity index (χ1) is 11.8. The number of halogens is 2. The van der Waals surface area contributed by atoms with E-state index in [1.54, 1.807) is 13.0 Å². The summed E-state index contributed by atoms with van der Waals surface area (Å²) in [5.41, 5.74) is -0.362. The number of para-hydroxylation sites is 1. The van der Waals surface area contributed by atoms with Crippen molar-refractivity contribution < 1.29 is 17.2 Å². The fourth-order valence-corrected chi connectivity index (χ4v) is 4.22. The normalized spacial score (nSPS) is 11.3. The lowest BCUT2D eigenvalue weighted by Crippen LogP contribution is -2.13. The van der Waals surface area contributed by atoms with E-state index in [2.05, 4.69) is 20.2 Å². The number of sulfonamides is 1. The van der Waals surface area contributed by atoms with Crippen LogP contribution < -0.4 is 10.0 Å². The van der Waals surface area contributed by atoms with Gasteiger partial charge in [-0.15, -0.1) is 21.5 Å². The van der Waals surface area contributed by atoms with Gasteiger partial charge in [0.1, 0.15) is 21.5 Å². The topological polar surface area (TPSA) is 84.0 Å². The van der Waals surface area contributed by atoms with Crippen LogP contribution in [0.4, 0.5) is 26.1 Å². The molecule has 0 saturated carbocycles. The molecule has 0 fully saturated rings. The number of nitrogens with one attached hydrogen (secondary N) is 2. The number of hydrogen-bond donors (Lipinski definition) is 2. The van der Waals surface area contributed by atoms with Crippen molar-refractivity contribution in [3.63, 3.8) is 0 Å². The van der Waals surface area contributed by atoms with Crippen molar-refractivity contribution in [1.82, 2.24) is 10.2 Å². The monoisotopic (exact) mass is 382 g/mol. The maximum Gasteiger partial charge on any atom is 0.272 e. The van der Waals surface area contributed by atoms with E-state index in [0.717, 1.165) is 28.3 Å². The van der Waals surface area contributed by atoms with Gasteiger partial charge >= 0.3 is 0 Å². The van der Waals surface area contributed by atoms with Crippen LogP contribution in [0.1, 0.15) is 4.88 Å². The van der Waals surface area contributed by atoms with Gasteiger partial charge in [-0.3, -0.25) is 4.72 Å². The summed E-state index contributed by atoms with van der Waals surface area (Å²) in [7, 11) is -3.75. The number of aromatic nitrogens is 2. The third kappa shape index (κ3) is 3.91. The Morgan fingerprint density at radius 3 is 2.16 bits per heavy atom. The van der Waals surface area contributed by atoms with Gasteiger partial charge in [0.15, 0.2) is 11.6 Å². The summed E-state index contributed by atoms with van der Waals surface area (Å²) < 4.78 is 54.0. The van der Waals surface area contributed by atoms with Gasteiger partial charge in [-0.25, -0.2) is 17.2 Å². The molecule has 3 aromatic rings. The second kappa shape index (κ2) is 6.73. The van der Waals surface area contributed by atoms with E-state index in [9.17, 15) is 17.2 Å². The molecule has 2 aromatic heterocycles. The number of aryl methyl sites for hydroxylation is 1. The van der Waals surface area contributed by atoms with Gasteiger partial charge in [-0.2, -0.15) is 0 Å². The third-order valence-corrected chi connectivity index (χ3v) is 5.95. The molecule has 10 heteroatoms. The van der Waals surface area contributed by atoms with E-state index >= 15 is 0 Å². The minimum absolute atomic E-state index is 0.00870. The first kappa shape index (κ1) is 17.2. The standard InChI is InChI=1S/C15H12F2N4O2S2/c1-9-5-8-14(24-9)25(22,23)21-13-7-6-12(19-20-13)18-15-10(16)3-2-4-11(15)17/h2-8H,1H3,(H,18,19)(H,20,21). The minimum atomic E-state index is -3.75. The van der Waals surface area contributed by atoms with Crippen LogP contribution in [0, 0.1) is 18.6 Å². The van der Waals surface area contributed by atoms with E-state index in [-0.39, 0.29) is 21.5 Å². The van der Waals surface area contributed by atoms with Crippen molar-refractivity contribution >= 4 is 38.7 Å². The molecule has 130 valence electrons. The molecule has 0 saturated heterocycles. The largest absolute Gasteiger partial charge is 0.334 e.